The van der Waals surface area contributed by atoms with Gasteiger partial charge in [0.2, 0.25) is 0 Å². The smallest absolute Gasteiger partial charge is 0.271 e. The molecule has 0 bridgehead atoms. The van der Waals surface area contributed by atoms with Gasteiger partial charge in [-0.1, -0.05) is 0 Å². The number of aromatic nitrogens is 2. The topological polar surface area (TPSA) is 76.6 Å². The van der Waals surface area contributed by atoms with Gasteiger partial charge < -0.3 is 25.3 Å². The zero-order valence-corrected chi connectivity index (χ0v) is 17.6. The van der Waals surface area contributed by atoms with Crippen molar-refractivity contribution in [2.45, 2.75) is 6.42 Å². The zero-order chi connectivity index (χ0) is 20.6. The first-order chi connectivity index (χ1) is 14.0. The van der Waals surface area contributed by atoms with Gasteiger partial charge in [0.15, 0.2) is 11.5 Å². The number of rotatable bonds is 8. The molecule has 2 aromatic rings. The van der Waals surface area contributed by atoms with Gasteiger partial charge in [0.05, 0.1) is 0 Å². The van der Waals surface area contributed by atoms with E-state index in [-0.39, 0.29) is 5.91 Å². The van der Waals surface area contributed by atoms with Crippen molar-refractivity contribution in [3.8, 4) is 0 Å². The summed E-state index contributed by atoms with van der Waals surface area (Å²) in [6.45, 7) is 5.83. The summed E-state index contributed by atoms with van der Waals surface area (Å²) in [6.07, 6.45) is 0.899. The number of amides is 1. The Bertz CT molecular complexity index is 769. The first kappa shape index (κ1) is 21.0. The highest BCUT2D eigenvalue weighted by Gasteiger charge is 2.14. The summed E-state index contributed by atoms with van der Waals surface area (Å²) >= 11 is 0. The number of hydrogen-bond acceptors (Lipinski definition) is 7. The summed E-state index contributed by atoms with van der Waals surface area (Å²) in [5, 5.41) is 14.3. The van der Waals surface area contributed by atoms with Crippen LogP contribution < -0.4 is 15.5 Å². The summed E-state index contributed by atoms with van der Waals surface area (Å²) in [5.74, 6) is 0.417. The second kappa shape index (κ2) is 10.2. The van der Waals surface area contributed by atoms with Crippen molar-refractivity contribution in [2.75, 3.05) is 70.6 Å². The molecule has 1 fully saturated rings. The van der Waals surface area contributed by atoms with Crippen molar-refractivity contribution in [1.29, 1.82) is 0 Å². The molecule has 156 valence electrons. The molecular weight excluding hydrogens is 366 g/mol. The van der Waals surface area contributed by atoms with Gasteiger partial charge in [0.25, 0.3) is 5.91 Å². The van der Waals surface area contributed by atoms with E-state index in [9.17, 15) is 4.79 Å². The minimum absolute atomic E-state index is 0.195. The molecule has 0 spiro atoms. The van der Waals surface area contributed by atoms with Crippen LogP contribution in [0.4, 0.5) is 17.2 Å². The minimum atomic E-state index is -0.195. The fourth-order valence-corrected chi connectivity index (χ4v) is 3.18. The fourth-order valence-electron chi connectivity index (χ4n) is 3.18. The van der Waals surface area contributed by atoms with E-state index in [0.29, 0.717) is 18.1 Å². The average Bonchev–Trinajstić information content (AvgIpc) is 2.73. The maximum Gasteiger partial charge on any atom is 0.271 e. The molecule has 8 nitrogen and oxygen atoms in total. The maximum atomic E-state index is 12.1. The van der Waals surface area contributed by atoms with Crippen LogP contribution in [0.3, 0.4) is 0 Å². The number of carbonyl (C=O) groups is 1. The molecule has 3 rings (SSSR count). The molecule has 0 aliphatic carbocycles. The first-order valence-corrected chi connectivity index (χ1v) is 10.1. The molecular formula is C21H31N7O. The second-order valence-electron chi connectivity index (χ2n) is 7.68. The SMILES string of the molecule is CN(C)CCCNC(=O)c1ccc(Nc2ccc(N3CCN(C)CC3)cc2)nn1. The summed E-state index contributed by atoms with van der Waals surface area (Å²) in [6, 6.07) is 11.8. The van der Waals surface area contributed by atoms with Crippen LogP contribution in [0.25, 0.3) is 0 Å². The summed E-state index contributed by atoms with van der Waals surface area (Å²) < 4.78 is 0. The van der Waals surface area contributed by atoms with Crippen LogP contribution in [-0.4, -0.2) is 86.3 Å². The second-order valence-corrected chi connectivity index (χ2v) is 7.68. The number of benzene rings is 1. The maximum absolute atomic E-state index is 12.1. The number of anilines is 3. The Hall–Kier alpha value is -2.71. The summed E-state index contributed by atoms with van der Waals surface area (Å²) in [7, 11) is 6.18. The molecule has 0 radical (unpaired) electrons. The largest absolute Gasteiger partial charge is 0.369 e. The number of carbonyl (C=O) groups excluding carboxylic acids is 1. The number of hydrogen-bond donors (Lipinski definition) is 2. The van der Waals surface area contributed by atoms with Gasteiger partial charge in [0, 0.05) is 44.1 Å². The van der Waals surface area contributed by atoms with Crippen molar-refractivity contribution in [1.82, 2.24) is 25.3 Å². The van der Waals surface area contributed by atoms with Crippen LogP contribution in [0.2, 0.25) is 0 Å². The standard InChI is InChI=1S/C21H31N7O/c1-26(2)12-4-11-22-21(29)19-9-10-20(25-24-19)23-17-5-7-18(8-6-17)28-15-13-27(3)14-16-28/h5-10H,4,11-16H2,1-3H3,(H,22,29)(H,23,25). The van der Waals surface area contributed by atoms with Crippen LogP contribution in [-0.2, 0) is 0 Å². The predicted molar refractivity (Wildman–Crippen MR) is 117 cm³/mol. The van der Waals surface area contributed by atoms with Gasteiger partial charge in [0.1, 0.15) is 0 Å². The van der Waals surface area contributed by atoms with Crippen molar-refractivity contribution >= 4 is 23.1 Å². The number of nitrogens with one attached hydrogen (secondary N) is 2. The van der Waals surface area contributed by atoms with E-state index >= 15 is 0 Å². The van der Waals surface area contributed by atoms with Gasteiger partial charge in [-0.2, -0.15) is 0 Å². The monoisotopic (exact) mass is 397 g/mol. The van der Waals surface area contributed by atoms with Gasteiger partial charge in [-0.25, -0.2) is 0 Å². The highest BCUT2D eigenvalue weighted by Crippen LogP contribution is 2.21. The molecule has 1 saturated heterocycles. The Morgan fingerprint density at radius 2 is 1.76 bits per heavy atom. The van der Waals surface area contributed by atoms with E-state index < -0.39 is 0 Å². The van der Waals surface area contributed by atoms with Crippen molar-refractivity contribution in [3.63, 3.8) is 0 Å². The number of likely N-dealkylation sites (N-methyl/N-ethyl adjacent to an activating group) is 1. The summed E-state index contributed by atoms with van der Waals surface area (Å²) in [4.78, 5) is 18.9. The van der Waals surface area contributed by atoms with E-state index in [2.05, 4.69) is 54.7 Å². The Morgan fingerprint density at radius 3 is 2.38 bits per heavy atom. The van der Waals surface area contributed by atoms with Gasteiger partial charge in [-0.3, -0.25) is 4.79 Å². The summed E-state index contributed by atoms with van der Waals surface area (Å²) in [5.41, 5.74) is 2.50. The third kappa shape index (κ3) is 6.40. The third-order valence-electron chi connectivity index (χ3n) is 4.97. The lowest BCUT2D eigenvalue weighted by molar-refractivity contribution is 0.0946. The molecule has 0 saturated carbocycles. The molecule has 2 heterocycles. The molecule has 1 aliphatic rings. The van der Waals surface area contributed by atoms with E-state index in [1.807, 2.05) is 26.2 Å². The highest BCUT2D eigenvalue weighted by molar-refractivity contribution is 5.92. The van der Waals surface area contributed by atoms with Crippen LogP contribution in [0.5, 0.6) is 0 Å². The molecule has 1 aliphatic heterocycles. The van der Waals surface area contributed by atoms with Gasteiger partial charge in [-0.05, 0) is 70.5 Å². The Kier molecular flexibility index (Phi) is 7.37. The van der Waals surface area contributed by atoms with E-state index in [1.54, 1.807) is 12.1 Å². The molecule has 2 N–H and O–H groups in total. The zero-order valence-electron chi connectivity index (χ0n) is 17.6. The molecule has 1 aromatic carbocycles. The molecule has 1 amide bonds. The lowest BCUT2D eigenvalue weighted by Crippen LogP contribution is -2.44. The lowest BCUT2D eigenvalue weighted by atomic mass is 10.2. The van der Waals surface area contributed by atoms with Crippen LogP contribution >= 0.6 is 0 Å². The highest BCUT2D eigenvalue weighted by atomic mass is 16.1. The quantitative estimate of drug-likeness (QED) is 0.656. The van der Waals surface area contributed by atoms with Crippen LogP contribution in [0.1, 0.15) is 16.9 Å². The predicted octanol–water partition coefficient (Wildman–Crippen LogP) is 1.65. The molecule has 29 heavy (non-hydrogen) atoms. The minimum Gasteiger partial charge on any atom is -0.369 e. The fraction of sp³-hybridized carbons (Fsp3) is 0.476. The lowest BCUT2D eigenvalue weighted by Gasteiger charge is -2.34. The molecule has 0 atom stereocenters. The van der Waals surface area contributed by atoms with E-state index in [1.165, 1.54) is 5.69 Å². The van der Waals surface area contributed by atoms with Gasteiger partial charge in [-0.15, -0.1) is 10.2 Å². The van der Waals surface area contributed by atoms with Gasteiger partial charge >= 0.3 is 0 Å². The van der Waals surface area contributed by atoms with E-state index in [4.69, 9.17) is 0 Å². The Labute approximate surface area is 172 Å². The molecule has 0 unspecified atom stereocenters. The van der Waals surface area contributed by atoms with Crippen molar-refractivity contribution in [3.05, 3.63) is 42.1 Å². The molecule has 8 heteroatoms. The van der Waals surface area contributed by atoms with Crippen molar-refractivity contribution in [2.24, 2.45) is 0 Å². The normalized spacial score (nSPS) is 14.8. The van der Waals surface area contributed by atoms with E-state index in [0.717, 1.165) is 44.8 Å². The third-order valence-corrected chi connectivity index (χ3v) is 4.97. The Balaban J connectivity index is 1.49. The van der Waals surface area contributed by atoms with Crippen LogP contribution in [0, 0.1) is 0 Å². The van der Waals surface area contributed by atoms with Crippen molar-refractivity contribution < 1.29 is 4.79 Å². The van der Waals surface area contributed by atoms with Crippen LogP contribution in [0.15, 0.2) is 36.4 Å². The Morgan fingerprint density at radius 1 is 1.03 bits per heavy atom. The number of piperazine rings is 1. The average molecular weight is 398 g/mol. The molecule has 1 aromatic heterocycles. The first-order valence-electron chi connectivity index (χ1n) is 10.1. The number of nitrogens with zero attached hydrogens (tertiary/aromatic N) is 5.